The lowest BCUT2D eigenvalue weighted by Gasteiger charge is -2.39. The number of halogens is 1. The molecule has 2 aliphatic rings. The first-order chi connectivity index (χ1) is 14.3. The van der Waals surface area contributed by atoms with Crippen LogP contribution in [0, 0.1) is 5.82 Å². The van der Waals surface area contributed by atoms with Crippen LogP contribution in [-0.4, -0.2) is 79.0 Å². The van der Waals surface area contributed by atoms with E-state index in [1.165, 1.54) is 17.0 Å². The van der Waals surface area contributed by atoms with Crippen molar-refractivity contribution in [3.05, 3.63) is 46.9 Å². The van der Waals surface area contributed by atoms with Crippen molar-refractivity contribution in [1.29, 1.82) is 0 Å². The van der Waals surface area contributed by atoms with E-state index in [0.717, 1.165) is 0 Å². The van der Waals surface area contributed by atoms with Gasteiger partial charge in [0, 0.05) is 52.4 Å². The molecular formula is C21H27FN4O4. The van der Waals surface area contributed by atoms with Crippen LogP contribution in [-0.2, 0) is 14.3 Å². The Morgan fingerprint density at radius 2 is 1.80 bits per heavy atom. The number of carbonyl (C=O) groups is 3. The number of rotatable bonds is 5. The average molecular weight is 418 g/mol. The zero-order chi connectivity index (χ0) is 21.8. The maximum absolute atomic E-state index is 13.4. The van der Waals surface area contributed by atoms with E-state index in [2.05, 4.69) is 10.2 Å². The Bertz CT molecular complexity index is 847. The van der Waals surface area contributed by atoms with Gasteiger partial charge in [0.15, 0.2) is 0 Å². The highest BCUT2D eigenvalue weighted by Crippen LogP contribution is 2.31. The molecule has 30 heavy (non-hydrogen) atoms. The molecule has 1 saturated heterocycles. The van der Waals surface area contributed by atoms with Gasteiger partial charge in [-0.1, -0.05) is 12.1 Å². The molecule has 1 aromatic carbocycles. The third-order valence-electron chi connectivity index (χ3n) is 5.47. The van der Waals surface area contributed by atoms with Gasteiger partial charge in [0.1, 0.15) is 5.82 Å². The van der Waals surface area contributed by atoms with Crippen LogP contribution in [0.3, 0.4) is 0 Å². The van der Waals surface area contributed by atoms with E-state index in [4.69, 9.17) is 4.74 Å². The maximum atomic E-state index is 13.4. The number of nitrogens with zero attached hydrogens (tertiary/aromatic N) is 3. The summed E-state index contributed by atoms with van der Waals surface area (Å²) in [5.74, 6) is -0.883. The molecule has 0 aliphatic carbocycles. The number of esters is 1. The van der Waals surface area contributed by atoms with Crippen molar-refractivity contribution in [1.82, 2.24) is 20.0 Å². The van der Waals surface area contributed by atoms with Crippen LogP contribution in [0.25, 0.3) is 0 Å². The van der Waals surface area contributed by atoms with Crippen LogP contribution in [0.5, 0.6) is 0 Å². The highest BCUT2D eigenvalue weighted by molar-refractivity contribution is 5.95. The zero-order valence-electron chi connectivity index (χ0n) is 17.5. The Morgan fingerprint density at radius 1 is 1.17 bits per heavy atom. The molecule has 3 rings (SSSR count). The molecule has 1 aromatic rings. The topological polar surface area (TPSA) is 82.2 Å². The van der Waals surface area contributed by atoms with Gasteiger partial charge in [0.2, 0.25) is 5.91 Å². The summed E-state index contributed by atoms with van der Waals surface area (Å²) in [5.41, 5.74) is 1.47. The molecule has 2 aliphatic heterocycles. The van der Waals surface area contributed by atoms with Crippen LogP contribution < -0.4 is 5.32 Å². The van der Waals surface area contributed by atoms with Gasteiger partial charge >= 0.3 is 12.0 Å². The molecule has 3 amide bonds. The van der Waals surface area contributed by atoms with Gasteiger partial charge in [0.25, 0.3) is 0 Å². The molecule has 162 valence electrons. The van der Waals surface area contributed by atoms with E-state index in [9.17, 15) is 18.8 Å². The lowest BCUT2D eigenvalue weighted by Crippen LogP contribution is -2.52. The summed E-state index contributed by atoms with van der Waals surface area (Å²) in [6, 6.07) is 4.60. The number of urea groups is 1. The number of ether oxygens (including phenoxy) is 1. The lowest BCUT2D eigenvalue weighted by atomic mass is 9.94. The van der Waals surface area contributed by atoms with Gasteiger partial charge < -0.3 is 15.0 Å². The number of nitrogens with one attached hydrogen (secondary N) is 1. The molecule has 1 N–H and O–H groups in total. The summed E-state index contributed by atoms with van der Waals surface area (Å²) >= 11 is 0. The Morgan fingerprint density at radius 3 is 2.37 bits per heavy atom. The van der Waals surface area contributed by atoms with E-state index < -0.39 is 17.8 Å². The second kappa shape index (κ2) is 9.25. The monoisotopic (exact) mass is 418 g/mol. The van der Waals surface area contributed by atoms with Gasteiger partial charge in [0.05, 0.1) is 18.2 Å². The Kier molecular flexibility index (Phi) is 6.71. The summed E-state index contributed by atoms with van der Waals surface area (Å²) in [6.45, 7) is 6.28. The van der Waals surface area contributed by atoms with E-state index >= 15 is 0 Å². The fourth-order valence-electron chi connectivity index (χ4n) is 3.74. The highest BCUT2D eigenvalue weighted by atomic mass is 19.1. The van der Waals surface area contributed by atoms with Gasteiger partial charge in [-0.2, -0.15) is 0 Å². The zero-order valence-corrected chi connectivity index (χ0v) is 17.5. The Hall–Kier alpha value is -2.94. The van der Waals surface area contributed by atoms with Crippen LogP contribution in [0.1, 0.15) is 25.5 Å². The van der Waals surface area contributed by atoms with Crippen molar-refractivity contribution in [2.45, 2.75) is 19.9 Å². The van der Waals surface area contributed by atoms with Crippen molar-refractivity contribution in [2.75, 3.05) is 46.4 Å². The summed E-state index contributed by atoms with van der Waals surface area (Å²) in [7, 11) is 1.61. The standard InChI is InChI=1S/C21H27FN4O4/c1-4-30-20(28)18-17(13-25-9-11-26(12-10-25)14(2)27)24(3)21(29)23-19(18)15-5-7-16(22)8-6-15/h5-8,19H,4,9-13H2,1-3H3,(H,23,29)/t19-/m1/s1. The van der Waals surface area contributed by atoms with Gasteiger partial charge in [-0.25, -0.2) is 14.0 Å². The number of hydrogen-bond donors (Lipinski definition) is 1. The summed E-state index contributed by atoms with van der Waals surface area (Å²) in [4.78, 5) is 42.4. The molecule has 2 heterocycles. The van der Waals surface area contributed by atoms with Crippen LogP contribution in [0.4, 0.5) is 9.18 Å². The predicted molar refractivity (Wildman–Crippen MR) is 108 cm³/mol. The molecule has 0 aromatic heterocycles. The second-order valence-corrected chi connectivity index (χ2v) is 7.36. The largest absolute Gasteiger partial charge is 0.463 e. The normalized spacial score (nSPS) is 20.3. The summed E-state index contributed by atoms with van der Waals surface area (Å²) in [6.07, 6.45) is 0. The third kappa shape index (κ3) is 4.62. The minimum atomic E-state index is -0.734. The van der Waals surface area contributed by atoms with E-state index in [-0.39, 0.29) is 18.5 Å². The minimum Gasteiger partial charge on any atom is -0.463 e. The molecular weight excluding hydrogens is 391 g/mol. The second-order valence-electron chi connectivity index (χ2n) is 7.36. The summed E-state index contributed by atoms with van der Waals surface area (Å²) < 4.78 is 18.7. The first-order valence-electron chi connectivity index (χ1n) is 9.99. The fraction of sp³-hybridized carbons (Fsp3) is 0.476. The molecule has 0 radical (unpaired) electrons. The van der Waals surface area contributed by atoms with E-state index in [1.807, 2.05) is 0 Å². The van der Waals surface area contributed by atoms with Crippen molar-refractivity contribution in [2.24, 2.45) is 0 Å². The Balaban J connectivity index is 1.95. The number of hydrogen-bond acceptors (Lipinski definition) is 5. The number of carbonyl (C=O) groups excluding carboxylic acids is 3. The molecule has 8 nitrogen and oxygen atoms in total. The molecule has 1 fully saturated rings. The quantitative estimate of drug-likeness (QED) is 0.733. The SMILES string of the molecule is CCOC(=O)C1=C(CN2CCN(C(C)=O)CC2)N(C)C(=O)N[C@@H]1c1ccc(F)cc1. The van der Waals surface area contributed by atoms with Crippen molar-refractivity contribution in [3.8, 4) is 0 Å². The van der Waals surface area contributed by atoms with Crippen molar-refractivity contribution >= 4 is 17.9 Å². The van der Waals surface area contributed by atoms with Crippen LogP contribution in [0.15, 0.2) is 35.5 Å². The minimum absolute atomic E-state index is 0.0339. The van der Waals surface area contributed by atoms with E-state index in [1.54, 1.807) is 37.9 Å². The Labute approximate surface area is 175 Å². The maximum Gasteiger partial charge on any atom is 0.338 e. The molecule has 0 bridgehead atoms. The smallest absolute Gasteiger partial charge is 0.338 e. The van der Waals surface area contributed by atoms with Crippen molar-refractivity contribution < 1.29 is 23.5 Å². The number of amides is 3. The number of likely N-dealkylation sites (N-methyl/N-ethyl adjacent to an activating group) is 1. The van der Waals surface area contributed by atoms with Crippen molar-refractivity contribution in [3.63, 3.8) is 0 Å². The van der Waals surface area contributed by atoms with Gasteiger partial charge in [-0.05, 0) is 24.6 Å². The number of piperazine rings is 1. The lowest BCUT2D eigenvalue weighted by molar-refractivity contribution is -0.139. The van der Waals surface area contributed by atoms with Crippen LogP contribution >= 0.6 is 0 Å². The first-order valence-corrected chi connectivity index (χ1v) is 9.99. The molecule has 1 atom stereocenters. The molecule has 9 heteroatoms. The predicted octanol–water partition coefficient (Wildman–Crippen LogP) is 1.50. The summed E-state index contributed by atoms with van der Waals surface area (Å²) in [5, 5.41) is 2.81. The van der Waals surface area contributed by atoms with E-state index in [0.29, 0.717) is 49.6 Å². The molecule has 0 unspecified atom stereocenters. The van der Waals surface area contributed by atoms with Crippen LogP contribution in [0.2, 0.25) is 0 Å². The molecule has 0 saturated carbocycles. The highest BCUT2D eigenvalue weighted by Gasteiger charge is 2.37. The van der Waals surface area contributed by atoms with Gasteiger partial charge in [-0.3, -0.25) is 14.6 Å². The van der Waals surface area contributed by atoms with Gasteiger partial charge in [-0.15, -0.1) is 0 Å². The average Bonchev–Trinajstić information content (AvgIpc) is 2.72. The molecule has 0 spiro atoms. The fourth-order valence-corrected chi connectivity index (χ4v) is 3.74. The number of benzene rings is 1. The first kappa shape index (κ1) is 21.8. The third-order valence-corrected chi connectivity index (χ3v) is 5.47.